The summed E-state index contributed by atoms with van der Waals surface area (Å²) in [5.74, 6) is -2.01. The summed E-state index contributed by atoms with van der Waals surface area (Å²) >= 11 is 0. The molecule has 0 saturated heterocycles. The largest absolute Gasteiger partial charge is 0.489 e. The van der Waals surface area contributed by atoms with Crippen LogP contribution in [0.15, 0.2) is 29.8 Å². The van der Waals surface area contributed by atoms with Gasteiger partial charge in [-0.25, -0.2) is 4.79 Å². The van der Waals surface area contributed by atoms with Gasteiger partial charge >= 0.3 is 11.7 Å². The topological polar surface area (TPSA) is 89.7 Å². The maximum atomic E-state index is 13.2. The van der Waals surface area contributed by atoms with Crippen LogP contribution in [0.3, 0.4) is 0 Å². The molecule has 0 fully saturated rings. The number of halogens is 1. The highest BCUT2D eigenvalue weighted by atomic mass is 19.1. The van der Waals surface area contributed by atoms with Gasteiger partial charge in [0.2, 0.25) is 5.82 Å². The van der Waals surface area contributed by atoms with Crippen LogP contribution in [0, 0.1) is 15.9 Å². The number of nitro benzene ring substituents is 1. The monoisotopic (exact) mass is 255 g/mol. The zero-order valence-corrected chi connectivity index (χ0v) is 9.42. The fraction of sp³-hybridized carbons (Fsp3) is 0.182. The highest BCUT2D eigenvalue weighted by molar-refractivity contribution is 5.80. The first kappa shape index (κ1) is 13.6. The van der Waals surface area contributed by atoms with Crippen molar-refractivity contribution in [3.05, 3.63) is 45.8 Å². The van der Waals surface area contributed by atoms with Crippen LogP contribution in [0.4, 0.5) is 10.1 Å². The second kappa shape index (κ2) is 5.76. The zero-order chi connectivity index (χ0) is 13.7. The summed E-state index contributed by atoms with van der Waals surface area (Å²) in [4.78, 5) is 19.9. The quantitative estimate of drug-likeness (QED) is 0.494. The third-order valence-electron chi connectivity index (χ3n) is 1.95. The van der Waals surface area contributed by atoms with Crippen molar-refractivity contribution in [3.63, 3.8) is 0 Å². The molecule has 18 heavy (non-hydrogen) atoms. The van der Waals surface area contributed by atoms with Gasteiger partial charge in [-0.05, 0) is 18.6 Å². The summed E-state index contributed by atoms with van der Waals surface area (Å²) in [7, 11) is 0. The van der Waals surface area contributed by atoms with Crippen LogP contribution in [-0.2, 0) is 4.79 Å². The number of hydrogen-bond donors (Lipinski definition) is 1. The maximum absolute atomic E-state index is 13.2. The molecule has 0 aliphatic carbocycles. The van der Waals surface area contributed by atoms with Crippen LogP contribution in [-0.4, -0.2) is 22.6 Å². The van der Waals surface area contributed by atoms with E-state index in [1.54, 1.807) is 0 Å². The number of ether oxygens (including phenoxy) is 1. The molecular weight excluding hydrogens is 245 g/mol. The van der Waals surface area contributed by atoms with E-state index in [-0.39, 0.29) is 12.4 Å². The summed E-state index contributed by atoms with van der Waals surface area (Å²) in [6, 6.07) is 3.11. The molecule has 0 aliphatic heterocycles. The predicted octanol–water partition coefficient (Wildman–Crippen LogP) is 2.14. The van der Waals surface area contributed by atoms with Crippen molar-refractivity contribution in [1.29, 1.82) is 0 Å². The molecule has 0 amide bonds. The number of carbonyl (C=O) groups is 1. The predicted molar refractivity (Wildman–Crippen MR) is 59.9 cm³/mol. The minimum atomic E-state index is -1.11. The molecule has 0 aromatic heterocycles. The van der Waals surface area contributed by atoms with Gasteiger partial charge < -0.3 is 9.84 Å². The fourth-order valence-electron chi connectivity index (χ4n) is 1.18. The lowest BCUT2D eigenvalue weighted by molar-refractivity contribution is -0.387. The first-order chi connectivity index (χ1) is 8.40. The minimum absolute atomic E-state index is 0.0381. The smallest absolute Gasteiger partial charge is 0.328 e. The van der Waals surface area contributed by atoms with Crippen LogP contribution in [0.25, 0.3) is 0 Å². The van der Waals surface area contributed by atoms with Gasteiger partial charge in [-0.3, -0.25) is 10.1 Å². The van der Waals surface area contributed by atoms with Crippen molar-refractivity contribution in [2.24, 2.45) is 0 Å². The molecule has 0 radical (unpaired) electrons. The number of rotatable bonds is 5. The third kappa shape index (κ3) is 3.85. The summed E-state index contributed by atoms with van der Waals surface area (Å²) < 4.78 is 18.3. The van der Waals surface area contributed by atoms with E-state index >= 15 is 0 Å². The van der Waals surface area contributed by atoms with Gasteiger partial charge in [-0.1, -0.05) is 0 Å². The van der Waals surface area contributed by atoms with Crippen LogP contribution >= 0.6 is 0 Å². The van der Waals surface area contributed by atoms with Crippen molar-refractivity contribution >= 4 is 11.7 Å². The molecule has 1 aromatic carbocycles. The molecule has 0 aliphatic rings. The highest BCUT2D eigenvalue weighted by Gasteiger charge is 2.14. The third-order valence-corrected chi connectivity index (χ3v) is 1.95. The number of carboxylic acids is 1. The van der Waals surface area contributed by atoms with Crippen LogP contribution in [0.1, 0.15) is 6.92 Å². The highest BCUT2D eigenvalue weighted by Crippen LogP contribution is 2.22. The number of benzene rings is 1. The van der Waals surface area contributed by atoms with Gasteiger partial charge in [0.05, 0.1) is 4.92 Å². The molecule has 1 rings (SSSR count). The van der Waals surface area contributed by atoms with E-state index in [0.717, 1.165) is 18.2 Å². The normalized spacial score (nSPS) is 11.1. The Morgan fingerprint density at radius 1 is 1.61 bits per heavy atom. The van der Waals surface area contributed by atoms with Crippen LogP contribution in [0.5, 0.6) is 5.75 Å². The summed E-state index contributed by atoms with van der Waals surface area (Å²) in [6.45, 7) is 1.50. The second-order valence-corrected chi connectivity index (χ2v) is 3.49. The van der Waals surface area contributed by atoms with E-state index in [9.17, 15) is 19.3 Å². The minimum Gasteiger partial charge on any atom is -0.489 e. The molecule has 0 atom stereocenters. The lowest BCUT2D eigenvalue weighted by Gasteiger charge is -2.06. The van der Waals surface area contributed by atoms with Gasteiger partial charge in [0.25, 0.3) is 0 Å². The lowest BCUT2D eigenvalue weighted by atomic mass is 10.3. The summed E-state index contributed by atoms with van der Waals surface area (Å²) in [6.07, 6.45) is 0.960. The van der Waals surface area contributed by atoms with Gasteiger partial charge in [-0.2, -0.15) is 4.39 Å². The van der Waals surface area contributed by atoms with Gasteiger partial charge in [0, 0.05) is 18.2 Å². The average Bonchev–Trinajstić information content (AvgIpc) is 2.25. The van der Waals surface area contributed by atoms with Crippen molar-refractivity contribution in [1.82, 2.24) is 0 Å². The number of carboxylic acid groups (broad SMARTS) is 1. The molecule has 6 nitrogen and oxygen atoms in total. The van der Waals surface area contributed by atoms with E-state index in [1.165, 1.54) is 13.0 Å². The molecule has 1 aromatic rings. The summed E-state index contributed by atoms with van der Waals surface area (Å²) in [5, 5.41) is 18.8. The summed E-state index contributed by atoms with van der Waals surface area (Å²) in [5.41, 5.74) is -0.207. The molecule has 0 spiro atoms. The lowest BCUT2D eigenvalue weighted by Crippen LogP contribution is -2.02. The Labute approximate surface area is 101 Å². The van der Waals surface area contributed by atoms with Gasteiger partial charge in [0.15, 0.2) is 0 Å². The molecule has 0 unspecified atom stereocenters. The van der Waals surface area contributed by atoms with Gasteiger partial charge in [-0.15, -0.1) is 0 Å². The maximum Gasteiger partial charge on any atom is 0.328 e. The van der Waals surface area contributed by atoms with E-state index in [4.69, 9.17) is 9.84 Å². The first-order valence-corrected chi connectivity index (χ1v) is 4.87. The van der Waals surface area contributed by atoms with Crippen molar-refractivity contribution < 1.29 is 24.0 Å². The Hall–Kier alpha value is -2.44. The molecular formula is C11H10FNO5. The molecule has 7 heteroatoms. The number of hydrogen-bond acceptors (Lipinski definition) is 4. The van der Waals surface area contributed by atoms with Crippen molar-refractivity contribution in [2.45, 2.75) is 6.92 Å². The Bertz CT molecular complexity index is 512. The Morgan fingerprint density at radius 2 is 2.28 bits per heavy atom. The average molecular weight is 255 g/mol. The Morgan fingerprint density at radius 3 is 2.78 bits per heavy atom. The second-order valence-electron chi connectivity index (χ2n) is 3.49. The number of nitrogens with zero attached hydrogens (tertiary/aromatic N) is 1. The molecule has 96 valence electrons. The SMILES string of the molecule is CC(=CC(=O)O)COc1ccc([N+](=O)[O-])c(F)c1. The Kier molecular flexibility index (Phi) is 4.36. The number of aliphatic carboxylic acids is 1. The van der Waals surface area contributed by atoms with Crippen molar-refractivity contribution in [2.75, 3.05) is 6.61 Å². The molecule has 1 N–H and O–H groups in total. The zero-order valence-electron chi connectivity index (χ0n) is 9.42. The molecule has 0 saturated carbocycles. The van der Waals surface area contributed by atoms with Crippen LogP contribution in [0.2, 0.25) is 0 Å². The molecule has 0 bridgehead atoms. The van der Waals surface area contributed by atoms with E-state index in [1.807, 2.05) is 0 Å². The Balaban J connectivity index is 2.73. The van der Waals surface area contributed by atoms with Gasteiger partial charge in [0.1, 0.15) is 12.4 Å². The first-order valence-electron chi connectivity index (χ1n) is 4.87. The van der Waals surface area contributed by atoms with Crippen molar-refractivity contribution in [3.8, 4) is 5.75 Å². The van der Waals surface area contributed by atoms with E-state index in [2.05, 4.69) is 0 Å². The molecule has 0 heterocycles. The standard InChI is InChI=1S/C11H10FNO5/c1-7(4-11(14)15)6-18-8-2-3-10(13(16)17)9(12)5-8/h2-5H,6H2,1H3,(H,14,15). The van der Waals surface area contributed by atoms with Crippen LogP contribution < -0.4 is 4.74 Å². The number of nitro groups is 1. The van der Waals surface area contributed by atoms with E-state index < -0.39 is 22.4 Å². The fourth-order valence-corrected chi connectivity index (χ4v) is 1.18. The van der Waals surface area contributed by atoms with E-state index in [0.29, 0.717) is 5.57 Å².